The van der Waals surface area contributed by atoms with Crippen molar-refractivity contribution < 1.29 is 23.9 Å². The Morgan fingerprint density at radius 2 is 2.14 bits per heavy atom. The molecule has 2 amide bonds. The summed E-state index contributed by atoms with van der Waals surface area (Å²) < 4.78 is 13.7. The summed E-state index contributed by atoms with van der Waals surface area (Å²) >= 11 is 0. The van der Waals surface area contributed by atoms with Gasteiger partial charge in [-0.15, -0.1) is 0 Å². The zero-order chi connectivity index (χ0) is 16.3. The van der Waals surface area contributed by atoms with Crippen LogP contribution in [0, 0.1) is 11.7 Å². The highest BCUT2D eigenvalue weighted by Crippen LogP contribution is 2.27. The smallest absolute Gasteiger partial charge is 0.305 e. The summed E-state index contributed by atoms with van der Waals surface area (Å²) in [5.41, 5.74) is 0.154. The minimum Gasteiger partial charge on any atom is -0.481 e. The lowest BCUT2D eigenvalue weighted by molar-refractivity contribution is -0.137. The number of hydrogen-bond acceptors (Lipinski definition) is 3. The molecule has 0 aliphatic carbocycles. The van der Waals surface area contributed by atoms with Gasteiger partial charge in [-0.25, -0.2) is 4.39 Å². The summed E-state index contributed by atoms with van der Waals surface area (Å²) in [7, 11) is 0. The predicted octanol–water partition coefficient (Wildman–Crippen LogP) is 1.16. The van der Waals surface area contributed by atoms with E-state index in [0.717, 1.165) is 0 Å². The van der Waals surface area contributed by atoms with Crippen LogP contribution < -0.4 is 10.2 Å². The molecule has 1 saturated heterocycles. The first-order valence-electron chi connectivity index (χ1n) is 6.95. The van der Waals surface area contributed by atoms with Crippen LogP contribution in [0.3, 0.4) is 0 Å². The fraction of sp³-hybridized carbons (Fsp3) is 0.400. The maximum Gasteiger partial charge on any atom is 0.305 e. The molecule has 2 N–H and O–H groups in total. The van der Waals surface area contributed by atoms with E-state index in [4.69, 9.17) is 5.11 Å². The Hall–Kier alpha value is -2.44. The predicted molar refractivity (Wildman–Crippen MR) is 76.7 cm³/mol. The topological polar surface area (TPSA) is 86.7 Å². The van der Waals surface area contributed by atoms with Crippen LogP contribution in [0.1, 0.15) is 19.8 Å². The number of nitrogens with one attached hydrogen (secondary N) is 1. The van der Waals surface area contributed by atoms with E-state index >= 15 is 0 Å². The third-order valence-corrected chi connectivity index (χ3v) is 3.51. The van der Waals surface area contributed by atoms with E-state index in [1.54, 1.807) is 13.0 Å². The second-order valence-electron chi connectivity index (χ2n) is 5.36. The molecule has 0 aromatic heterocycles. The number of carboxylic acid groups (broad SMARTS) is 1. The molecule has 2 rings (SSSR count). The first-order chi connectivity index (χ1) is 10.4. The molecular formula is C15H17FN2O4. The average Bonchev–Trinajstić information content (AvgIpc) is 2.80. The normalized spacial score (nSPS) is 19.1. The Bertz CT molecular complexity index is 605. The van der Waals surface area contributed by atoms with Crippen molar-refractivity contribution in [3.63, 3.8) is 0 Å². The Morgan fingerprint density at radius 3 is 2.77 bits per heavy atom. The van der Waals surface area contributed by atoms with Crippen LogP contribution in [0.2, 0.25) is 0 Å². The van der Waals surface area contributed by atoms with Crippen LogP contribution in [0.5, 0.6) is 0 Å². The Balaban J connectivity index is 2.02. The van der Waals surface area contributed by atoms with Gasteiger partial charge in [0.25, 0.3) is 0 Å². The van der Waals surface area contributed by atoms with E-state index in [0.29, 0.717) is 0 Å². The van der Waals surface area contributed by atoms with Crippen molar-refractivity contribution in [2.75, 3.05) is 11.4 Å². The highest BCUT2D eigenvalue weighted by atomic mass is 19.1. The van der Waals surface area contributed by atoms with Crippen LogP contribution >= 0.6 is 0 Å². The van der Waals surface area contributed by atoms with Gasteiger partial charge in [0.2, 0.25) is 11.8 Å². The van der Waals surface area contributed by atoms with Gasteiger partial charge < -0.3 is 15.3 Å². The summed E-state index contributed by atoms with van der Waals surface area (Å²) in [5.74, 6) is -2.85. The standard InChI is InChI=1S/C15H17FN2O4/c1-9(6-14(20)21)17-15(22)10-7-13(19)18(8-10)12-5-3-2-4-11(12)16/h2-5,9-10H,6-8H2,1H3,(H,17,22)(H,20,21). The van der Waals surface area contributed by atoms with Gasteiger partial charge in [0, 0.05) is 19.0 Å². The lowest BCUT2D eigenvalue weighted by Crippen LogP contribution is -2.39. The number of nitrogens with zero attached hydrogens (tertiary/aromatic N) is 1. The number of carbonyl (C=O) groups excluding carboxylic acids is 2. The Kier molecular flexibility index (Phi) is 4.75. The summed E-state index contributed by atoms with van der Waals surface area (Å²) in [4.78, 5) is 35.9. The first kappa shape index (κ1) is 15.9. The number of carboxylic acids is 1. The Morgan fingerprint density at radius 1 is 1.45 bits per heavy atom. The Labute approximate surface area is 126 Å². The molecule has 2 atom stereocenters. The zero-order valence-electron chi connectivity index (χ0n) is 12.1. The van der Waals surface area contributed by atoms with Crippen LogP contribution in [0.4, 0.5) is 10.1 Å². The van der Waals surface area contributed by atoms with E-state index in [-0.39, 0.29) is 36.9 Å². The van der Waals surface area contributed by atoms with Gasteiger partial charge in [0.15, 0.2) is 0 Å². The lowest BCUT2D eigenvalue weighted by atomic mass is 10.1. The first-order valence-corrected chi connectivity index (χ1v) is 6.95. The summed E-state index contributed by atoms with van der Waals surface area (Å²) in [6.45, 7) is 1.67. The molecule has 6 nitrogen and oxygen atoms in total. The van der Waals surface area contributed by atoms with E-state index < -0.39 is 23.7 Å². The molecule has 0 bridgehead atoms. The maximum atomic E-state index is 13.7. The van der Waals surface area contributed by atoms with Crippen LogP contribution in [0.15, 0.2) is 24.3 Å². The number of hydrogen-bond donors (Lipinski definition) is 2. The van der Waals surface area contributed by atoms with Crippen molar-refractivity contribution in [3.8, 4) is 0 Å². The van der Waals surface area contributed by atoms with Crippen LogP contribution in [0.25, 0.3) is 0 Å². The molecule has 1 aromatic carbocycles. The van der Waals surface area contributed by atoms with Gasteiger partial charge in [-0.3, -0.25) is 14.4 Å². The highest BCUT2D eigenvalue weighted by molar-refractivity contribution is 6.00. The van der Waals surface area contributed by atoms with Gasteiger partial charge in [0.1, 0.15) is 5.82 Å². The molecule has 1 aliphatic heterocycles. The number of halogens is 1. The van der Waals surface area contributed by atoms with Gasteiger partial charge in [-0.05, 0) is 19.1 Å². The molecule has 1 fully saturated rings. The van der Waals surface area contributed by atoms with Crippen molar-refractivity contribution in [1.29, 1.82) is 0 Å². The van der Waals surface area contributed by atoms with Crippen molar-refractivity contribution in [2.45, 2.75) is 25.8 Å². The number of carbonyl (C=O) groups is 3. The van der Waals surface area contributed by atoms with Crippen LogP contribution in [-0.2, 0) is 14.4 Å². The number of aliphatic carboxylic acids is 1. The monoisotopic (exact) mass is 308 g/mol. The molecule has 0 spiro atoms. The minimum absolute atomic E-state index is 0.0139. The molecule has 2 unspecified atom stereocenters. The van der Waals surface area contributed by atoms with Crippen LogP contribution in [-0.4, -0.2) is 35.5 Å². The third kappa shape index (κ3) is 3.60. The number of rotatable bonds is 5. The van der Waals surface area contributed by atoms with Gasteiger partial charge in [0.05, 0.1) is 18.0 Å². The molecule has 1 heterocycles. The fourth-order valence-electron chi connectivity index (χ4n) is 2.46. The van der Waals surface area contributed by atoms with E-state index in [1.165, 1.54) is 23.1 Å². The molecule has 1 aromatic rings. The second-order valence-corrected chi connectivity index (χ2v) is 5.36. The van der Waals surface area contributed by atoms with Gasteiger partial charge >= 0.3 is 5.97 Å². The van der Waals surface area contributed by atoms with E-state index in [1.807, 2.05) is 0 Å². The molecule has 0 saturated carbocycles. The number of amides is 2. The molecule has 118 valence electrons. The third-order valence-electron chi connectivity index (χ3n) is 3.51. The zero-order valence-corrected chi connectivity index (χ0v) is 12.1. The van der Waals surface area contributed by atoms with Gasteiger partial charge in [-0.2, -0.15) is 0 Å². The second kappa shape index (κ2) is 6.55. The van der Waals surface area contributed by atoms with Crippen molar-refractivity contribution >= 4 is 23.5 Å². The average molecular weight is 308 g/mol. The van der Waals surface area contributed by atoms with Crippen molar-refractivity contribution in [3.05, 3.63) is 30.1 Å². The van der Waals surface area contributed by atoms with Gasteiger partial charge in [-0.1, -0.05) is 12.1 Å². The molecule has 22 heavy (non-hydrogen) atoms. The number of anilines is 1. The van der Waals surface area contributed by atoms with E-state index in [9.17, 15) is 18.8 Å². The summed E-state index contributed by atoms with van der Waals surface area (Å²) in [6.07, 6.45) is -0.205. The molecule has 7 heteroatoms. The minimum atomic E-state index is -1.01. The SMILES string of the molecule is CC(CC(=O)O)NC(=O)C1CC(=O)N(c2ccccc2F)C1. The largest absolute Gasteiger partial charge is 0.481 e. The fourth-order valence-corrected chi connectivity index (χ4v) is 2.46. The van der Waals surface area contributed by atoms with E-state index in [2.05, 4.69) is 5.32 Å². The van der Waals surface area contributed by atoms with Crippen molar-refractivity contribution in [2.24, 2.45) is 5.92 Å². The molecule has 0 radical (unpaired) electrons. The summed E-state index contributed by atoms with van der Waals surface area (Å²) in [5, 5.41) is 11.2. The quantitative estimate of drug-likeness (QED) is 0.854. The summed E-state index contributed by atoms with van der Waals surface area (Å²) in [6, 6.07) is 5.36. The maximum absolute atomic E-state index is 13.7. The number of benzene rings is 1. The van der Waals surface area contributed by atoms with Crippen molar-refractivity contribution in [1.82, 2.24) is 5.32 Å². The highest BCUT2D eigenvalue weighted by Gasteiger charge is 2.36. The molecule has 1 aliphatic rings. The number of para-hydroxylation sites is 1. The lowest BCUT2D eigenvalue weighted by Gasteiger charge is -2.18. The molecular weight excluding hydrogens is 291 g/mol.